The number of aromatic nitrogens is 2. The molecule has 1 saturated heterocycles. The van der Waals surface area contributed by atoms with Gasteiger partial charge in [0.1, 0.15) is 5.76 Å². The summed E-state index contributed by atoms with van der Waals surface area (Å²) in [6.45, 7) is 5.34. The number of nitrogens with zero attached hydrogens (tertiary/aromatic N) is 2. The van der Waals surface area contributed by atoms with Crippen LogP contribution in [-0.2, 0) is 0 Å². The molecule has 1 unspecified atom stereocenters. The van der Waals surface area contributed by atoms with Crippen LogP contribution in [0.3, 0.4) is 0 Å². The van der Waals surface area contributed by atoms with E-state index in [1.165, 1.54) is 0 Å². The van der Waals surface area contributed by atoms with Crippen molar-refractivity contribution in [2.24, 2.45) is 0 Å². The van der Waals surface area contributed by atoms with Crippen LogP contribution in [0.2, 0.25) is 0 Å². The molecule has 2 aromatic rings. The zero-order valence-electron chi connectivity index (χ0n) is 11.8. The van der Waals surface area contributed by atoms with E-state index in [4.69, 9.17) is 4.42 Å². The van der Waals surface area contributed by atoms with Crippen LogP contribution >= 0.6 is 0 Å². The summed E-state index contributed by atoms with van der Waals surface area (Å²) in [4.78, 5) is 14.3. The third-order valence-electron chi connectivity index (χ3n) is 3.80. The molecule has 1 aliphatic heterocycles. The van der Waals surface area contributed by atoms with E-state index < -0.39 is 0 Å². The maximum absolute atomic E-state index is 12.4. The number of likely N-dealkylation sites (tertiary alicyclic amines) is 1. The van der Waals surface area contributed by atoms with Gasteiger partial charge in [-0.05, 0) is 44.9 Å². The highest BCUT2D eigenvalue weighted by atomic mass is 16.3. The molecule has 1 aliphatic rings. The van der Waals surface area contributed by atoms with Crippen molar-refractivity contribution < 1.29 is 9.21 Å². The highest BCUT2D eigenvalue weighted by molar-refractivity contribution is 5.91. The Hall–Kier alpha value is -2.04. The van der Waals surface area contributed by atoms with Gasteiger partial charge >= 0.3 is 0 Å². The van der Waals surface area contributed by atoms with Gasteiger partial charge in [-0.2, -0.15) is 5.10 Å². The summed E-state index contributed by atoms with van der Waals surface area (Å²) in [6.07, 6.45) is 2.08. The van der Waals surface area contributed by atoms with Gasteiger partial charge in [0.2, 0.25) is 0 Å². The van der Waals surface area contributed by atoms with Crippen molar-refractivity contribution in [3.05, 3.63) is 41.1 Å². The van der Waals surface area contributed by atoms with Crippen molar-refractivity contribution in [3.63, 3.8) is 0 Å². The van der Waals surface area contributed by atoms with E-state index in [9.17, 15) is 4.79 Å². The van der Waals surface area contributed by atoms with E-state index >= 15 is 0 Å². The fourth-order valence-electron chi connectivity index (χ4n) is 2.76. The summed E-state index contributed by atoms with van der Waals surface area (Å²) in [7, 11) is 0. The van der Waals surface area contributed by atoms with Crippen LogP contribution in [0.5, 0.6) is 0 Å². The van der Waals surface area contributed by atoms with Gasteiger partial charge in [-0.1, -0.05) is 0 Å². The Bertz CT molecular complexity index is 614. The number of hydrogen-bond acceptors (Lipinski definition) is 3. The second-order valence-electron chi connectivity index (χ2n) is 5.48. The minimum Gasteiger partial charge on any atom is -0.456 e. The molecular weight excluding hydrogens is 254 g/mol. The van der Waals surface area contributed by atoms with E-state index in [1.54, 1.807) is 6.07 Å². The minimum atomic E-state index is -0.0185. The molecule has 1 atom stereocenters. The lowest BCUT2D eigenvalue weighted by molar-refractivity contribution is 0.0672. The first kappa shape index (κ1) is 13.0. The van der Waals surface area contributed by atoms with Gasteiger partial charge in [0.25, 0.3) is 5.91 Å². The highest BCUT2D eigenvalue weighted by Crippen LogP contribution is 2.27. The normalized spacial score (nSPS) is 19.3. The van der Waals surface area contributed by atoms with Crippen LogP contribution in [0.4, 0.5) is 0 Å². The lowest BCUT2D eigenvalue weighted by atomic mass is 9.94. The number of nitrogens with one attached hydrogen (secondary N) is 1. The number of H-pyrrole nitrogens is 1. The SMILES string of the molecule is Cc1cc(C2CCCN(C(=O)c3ccc(C)o3)C2)n[nH]1. The number of aryl methyl sites for hydroxylation is 2. The van der Waals surface area contributed by atoms with Crippen LogP contribution in [-0.4, -0.2) is 34.1 Å². The van der Waals surface area contributed by atoms with Crippen molar-refractivity contribution in [2.75, 3.05) is 13.1 Å². The number of carbonyl (C=O) groups excluding carboxylic acids is 1. The van der Waals surface area contributed by atoms with Crippen LogP contribution in [0.15, 0.2) is 22.6 Å². The number of amides is 1. The van der Waals surface area contributed by atoms with Crippen molar-refractivity contribution in [3.8, 4) is 0 Å². The molecule has 0 radical (unpaired) electrons. The molecule has 0 saturated carbocycles. The van der Waals surface area contributed by atoms with Gasteiger partial charge < -0.3 is 9.32 Å². The highest BCUT2D eigenvalue weighted by Gasteiger charge is 2.28. The van der Waals surface area contributed by atoms with Gasteiger partial charge in [-0.15, -0.1) is 0 Å². The van der Waals surface area contributed by atoms with Crippen molar-refractivity contribution in [1.29, 1.82) is 0 Å². The molecule has 0 aliphatic carbocycles. The molecule has 3 heterocycles. The van der Waals surface area contributed by atoms with E-state index in [-0.39, 0.29) is 5.91 Å². The summed E-state index contributed by atoms with van der Waals surface area (Å²) in [5.74, 6) is 1.50. The lowest BCUT2D eigenvalue weighted by Crippen LogP contribution is -2.39. The molecule has 2 aromatic heterocycles. The molecule has 1 amide bonds. The van der Waals surface area contributed by atoms with Gasteiger partial charge in [0, 0.05) is 24.7 Å². The van der Waals surface area contributed by atoms with Gasteiger partial charge in [-0.25, -0.2) is 0 Å². The molecule has 3 rings (SSSR count). The molecule has 0 bridgehead atoms. The number of aromatic amines is 1. The molecule has 5 nitrogen and oxygen atoms in total. The number of carbonyl (C=O) groups is 1. The Balaban J connectivity index is 1.73. The molecule has 0 aromatic carbocycles. The first-order chi connectivity index (χ1) is 9.63. The van der Waals surface area contributed by atoms with E-state index in [1.807, 2.05) is 24.8 Å². The quantitative estimate of drug-likeness (QED) is 0.915. The minimum absolute atomic E-state index is 0.0185. The molecule has 20 heavy (non-hydrogen) atoms. The third-order valence-corrected chi connectivity index (χ3v) is 3.80. The number of hydrogen-bond donors (Lipinski definition) is 1. The first-order valence-corrected chi connectivity index (χ1v) is 7.01. The Morgan fingerprint density at radius 3 is 2.95 bits per heavy atom. The predicted octanol–water partition coefficient (Wildman–Crippen LogP) is 2.64. The lowest BCUT2D eigenvalue weighted by Gasteiger charge is -2.31. The summed E-state index contributed by atoms with van der Waals surface area (Å²) >= 11 is 0. The predicted molar refractivity (Wildman–Crippen MR) is 74.6 cm³/mol. The molecule has 1 fully saturated rings. The zero-order chi connectivity index (χ0) is 14.1. The third kappa shape index (κ3) is 2.48. The van der Waals surface area contributed by atoms with Gasteiger partial charge in [0.05, 0.1) is 5.69 Å². The average Bonchev–Trinajstić information content (AvgIpc) is 3.07. The Morgan fingerprint density at radius 2 is 2.30 bits per heavy atom. The second-order valence-corrected chi connectivity index (χ2v) is 5.48. The topological polar surface area (TPSA) is 62.1 Å². The summed E-state index contributed by atoms with van der Waals surface area (Å²) < 4.78 is 5.43. The number of furan rings is 1. The Kier molecular flexibility index (Phi) is 3.34. The van der Waals surface area contributed by atoms with Gasteiger partial charge in [0.15, 0.2) is 5.76 Å². The van der Waals surface area contributed by atoms with E-state index in [2.05, 4.69) is 16.3 Å². The fourth-order valence-corrected chi connectivity index (χ4v) is 2.76. The van der Waals surface area contributed by atoms with E-state index in [0.717, 1.165) is 36.5 Å². The van der Waals surface area contributed by atoms with Crippen LogP contribution in [0.25, 0.3) is 0 Å². The molecule has 5 heteroatoms. The summed E-state index contributed by atoms with van der Waals surface area (Å²) in [5.41, 5.74) is 2.11. The smallest absolute Gasteiger partial charge is 0.289 e. The van der Waals surface area contributed by atoms with Crippen molar-refractivity contribution in [1.82, 2.24) is 15.1 Å². The van der Waals surface area contributed by atoms with Crippen LogP contribution in [0.1, 0.15) is 46.5 Å². The van der Waals surface area contributed by atoms with Crippen LogP contribution in [0, 0.1) is 13.8 Å². The largest absolute Gasteiger partial charge is 0.456 e. The standard InChI is InChI=1S/C15H19N3O2/c1-10-8-13(17-16-10)12-4-3-7-18(9-12)15(19)14-6-5-11(2)20-14/h5-6,8,12H,3-4,7,9H2,1-2H3,(H,16,17). The monoisotopic (exact) mass is 273 g/mol. The summed E-state index contributed by atoms with van der Waals surface area (Å²) in [6, 6.07) is 5.64. The summed E-state index contributed by atoms with van der Waals surface area (Å²) in [5, 5.41) is 7.30. The fraction of sp³-hybridized carbons (Fsp3) is 0.467. The number of piperidine rings is 1. The Labute approximate surface area is 118 Å². The van der Waals surface area contributed by atoms with Crippen molar-refractivity contribution >= 4 is 5.91 Å². The van der Waals surface area contributed by atoms with E-state index in [0.29, 0.717) is 18.2 Å². The zero-order valence-corrected chi connectivity index (χ0v) is 11.8. The molecular formula is C15H19N3O2. The van der Waals surface area contributed by atoms with Gasteiger partial charge in [-0.3, -0.25) is 9.89 Å². The second kappa shape index (κ2) is 5.15. The first-order valence-electron chi connectivity index (χ1n) is 7.01. The maximum Gasteiger partial charge on any atom is 0.289 e. The average molecular weight is 273 g/mol. The molecule has 1 N–H and O–H groups in total. The number of rotatable bonds is 2. The molecule has 106 valence electrons. The molecule has 0 spiro atoms. The Morgan fingerprint density at radius 1 is 1.45 bits per heavy atom. The van der Waals surface area contributed by atoms with Crippen LogP contribution < -0.4 is 0 Å². The maximum atomic E-state index is 12.4. The van der Waals surface area contributed by atoms with Crippen molar-refractivity contribution in [2.45, 2.75) is 32.6 Å².